The molecule has 0 aliphatic carbocycles. The Morgan fingerprint density at radius 3 is 2.86 bits per heavy atom. The van der Waals surface area contributed by atoms with Crippen LogP contribution in [0.1, 0.15) is 69.6 Å². The zero-order valence-corrected chi connectivity index (χ0v) is 18.7. The minimum Gasteiger partial charge on any atom is -0.462 e. The molecule has 0 amide bonds. The van der Waals surface area contributed by atoms with Crippen molar-refractivity contribution in [1.29, 1.82) is 0 Å². The van der Waals surface area contributed by atoms with Crippen LogP contribution >= 0.6 is 22.7 Å². The van der Waals surface area contributed by atoms with Gasteiger partial charge in [-0.05, 0) is 64.8 Å². The fraction of sp³-hybridized carbons (Fsp3) is 0.476. The lowest BCUT2D eigenvalue weighted by Gasteiger charge is -2.29. The molecule has 154 valence electrons. The van der Waals surface area contributed by atoms with E-state index in [9.17, 15) is 9.59 Å². The van der Waals surface area contributed by atoms with E-state index in [1.807, 2.05) is 11.3 Å². The van der Waals surface area contributed by atoms with Crippen LogP contribution in [0.15, 0.2) is 16.9 Å². The fourth-order valence-corrected chi connectivity index (χ4v) is 6.21. The van der Waals surface area contributed by atoms with E-state index in [0.29, 0.717) is 39.1 Å². The average Bonchev–Trinajstić information content (AvgIpc) is 3.39. The predicted molar refractivity (Wildman–Crippen MR) is 117 cm³/mol. The SMILES string of the molecule is CCOC(=O)c1sc2nc(C(C)N3CCCC3c3ccc(C)s3)[nH]c(=O)c2c1C. The van der Waals surface area contributed by atoms with Gasteiger partial charge in [-0.25, -0.2) is 9.78 Å². The molecule has 1 aliphatic heterocycles. The first-order valence-corrected chi connectivity index (χ1v) is 11.6. The molecule has 4 rings (SSSR count). The van der Waals surface area contributed by atoms with Crippen LogP contribution in [0, 0.1) is 13.8 Å². The van der Waals surface area contributed by atoms with Gasteiger partial charge in [0.05, 0.1) is 18.0 Å². The van der Waals surface area contributed by atoms with E-state index in [4.69, 9.17) is 9.72 Å². The molecule has 2 unspecified atom stereocenters. The summed E-state index contributed by atoms with van der Waals surface area (Å²) in [6, 6.07) is 4.71. The number of carbonyl (C=O) groups excluding carboxylic acids is 1. The second-order valence-corrected chi connectivity index (χ2v) is 9.75. The molecule has 1 N–H and O–H groups in total. The maximum atomic E-state index is 12.8. The van der Waals surface area contributed by atoms with Crippen molar-refractivity contribution in [3.63, 3.8) is 0 Å². The zero-order valence-electron chi connectivity index (χ0n) is 17.1. The number of likely N-dealkylation sites (tertiary alicyclic amines) is 1. The molecule has 3 aromatic rings. The number of esters is 1. The Kier molecular flexibility index (Phi) is 5.59. The minimum absolute atomic E-state index is 0.0181. The van der Waals surface area contributed by atoms with E-state index in [1.54, 1.807) is 13.8 Å². The molecule has 0 radical (unpaired) electrons. The van der Waals surface area contributed by atoms with E-state index >= 15 is 0 Å². The summed E-state index contributed by atoms with van der Waals surface area (Å²) < 4.78 is 5.13. The lowest BCUT2D eigenvalue weighted by atomic mass is 10.1. The number of aryl methyl sites for hydroxylation is 2. The number of H-pyrrole nitrogens is 1. The normalized spacial score (nSPS) is 18.4. The Morgan fingerprint density at radius 2 is 2.17 bits per heavy atom. The number of nitrogens with one attached hydrogen (secondary N) is 1. The Balaban J connectivity index is 1.70. The van der Waals surface area contributed by atoms with Crippen LogP contribution < -0.4 is 5.56 Å². The van der Waals surface area contributed by atoms with Crippen LogP contribution in [0.4, 0.5) is 0 Å². The molecule has 0 spiro atoms. The fourth-order valence-electron chi connectivity index (χ4n) is 4.10. The topological polar surface area (TPSA) is 75.3 Å². The Morgan fingerprint density at radius 1 is 1.38 bits per heavy atom. The lowest BCUT2D eigenvalue weighted by Crippen LogP contribution is -2.29. The van der Waals surface area contributed by atoms with E-state index < -0.39 is 5.97 Å². The highest BCUT2D eigenvalue weighted by molar-refractivity contribution is 7.20. The second kappa shape index (κ2) is 8.01. The monoisotopic (exact) mass is 431 g/mol. The van der Waals surface area contributed by atoms with Crippen molar-refractivity contribution in [3.8, 4) is 0 Å². The van der Waals surface area contributed by atoms with Crippen molar-refractivity contribution in [2.24, 2.45) is 0 Å². The summed E-state index contributed by atoms with van der Waals surface area (Å²) in [6.07, 6.45) is 2.24. The molecule has 2 atom stereocenters. The van der Waals surface area contributed by atoms with Gasteiger partial charge in [0, 0.05) is 15.8 Å². The van der Waals surface area contributed by atoms with Gasteiger partial charge in [-0.15, -0.1) is 22.7 Å². The summed E-state index contributed by atoms with van der Waals surface area (Å²) in [5.74, 6) is 0.258. The lowest BCUT2D eigenvalue weighted by molar-refractivity contribution is 0.0531. The van der Waals surface area contributed by atoms with Gasteiger partial charge in [-0.3, -0.25) is 9.69 Å². The van der Waals surface area contributed by atoms with Gasteiger partial charge in [-0.1, -0.05) is 0 Å². The molecule has 1 aliphatic rings. The molecule has 0 bridgehead atoms. The van der Waals surface area contributed by atoms with Crippen LogP contribution in [0.2, 0.25) is 0 Å². The summed E-state index contributed by atoms with van der Waals surface area (Å²) in [4.78, 5) is 38.9. The standard InChI is InChI=1S/C21H25N3O3S2/c1-5-27-21(26)17-12(3)16-19(25)22-18(23-20(16)29-17)13(4)24-10-6-7-14(24)15-9-8-11(2)28-15/h8-9,13-14H,5-7,10H2,1-4H3,(H,22,23,25). The summed E-state index contributed by atoms with van der Waals surface area (Å²) in [6.45, 7) is 9.05. The number of fused-ring (bicyclic) bond motifs is 1. The molecule has 1 saturated heterocycles. The smallest absolute Gasteiger partial charge is 0.348 e. The first-order valence-electron chi connectivity index (χ1n) is 9.93. The number of aromatic nitrogens is 2. The van der Waals surface area contributed by atoms with E-state index in [1.165, 1.54) is 21.1 Å². The zero-order chi connectivity index (χ0) is 20.7. The van der Waals surface area contributed by atoms with E-state index in [2.05, 4.69) is 35.9 Å². The number of ether oxygens (including phenoxy) is 1. The summed E-state index contributed by atoms with van der Waals surface area (Å²) in [5.41, 5.74) is 0.452. The minimum atomic E-state index is -0.394. The number of hydrogen-bond donors (Lipinski definition) is 1. The average molecular weight is 432 g/mol. The highest BCUT2D eigenvalue weighted by Gasteiger charge is 2.33. The summed E-state index contributed by atoms with van der Waals surface area (Å²) in [7, 11) is 0. The van der Waals surface area contributed by atoms with E-state index in [0.717, 1.165) is 19.4 Å². The van der Waals surface area contributed by atoms with Crippen LogP contribution in [0.5, 0.6) is 0 Å². The molecule has 29 heavy (non-hydrogen) atoms. The van der Waals surface area contributed by atoms with Gasteiger partial charge < -0.3 is 9.72 Å². The maximum Gasteiger partial charge on any atom is 0.348 e. The maximum absolute atomic E-state index is 12.8. The molecule has 1 fully saturated rings. The molecule has 0 saturated carbocycles. The van der Waals surface area contributed by atoms with Crippen molar-refractivity contribution in [2.45, 2.75) is 52.6 Å². The summed E-state index contributed by atoms with van der Waals surface area (Å²) >= 11 is 3.08. The molecule has 0 aromatic carbocycles. The Bertz CT molecular complexity index is 1110. The van der Waals surface area contributed by atoms with Crippen LogP contribution in [-0.4, -0.2) is 34.0 Å². The van der Waals surface area contributed by atoms with Gasteiger partial charge in [0.25, 0.3) is 5.56 Å². The largest absolute Gasteiger partial charge is 0.462 e. The van der Waals surface area contributed by atoms with Crippen molar-refractivity contribution in [2.75, 3.05) is 13.2 Å². The third-order valence-electron chi connectivity index (χ3n) is 5.56. The van der Waals surface area contributed by atoms with Crippen LogP contribution in [0.25, 0.3) is 10.2 Å². The number of nitrogens with zero attached hydrogens (tertiary/aromatic N) is 2. The number of aromatic amines is 1. The Labute approximate surface area is 177 Å². The van der Waals surface area contributed by atoms with Crippen molar-refractivity contribution < 1.29 is 9.53 Å². The highest BCUT2D eigenvalue weighted by Crippen LogP contribution is 2.40. The molecular formula is C21H25N3O3S2. The quantitative estimate of drug-likeness (QED) is 0.591. The van der Waals surface area contributed by atoms with Gasteiger partial charge in [-0.2, -0.15) is 0 Å². The third kappa shape index (κ3) is 3.65. The predicted octanol–water partition coefficient (Wildman–Crippen LogP) is 4.74. The third-order valence-corrected chi connectivity index (χ3v) is 7.82. The Hall–Kier alpha value is -2.03. The van der Waals surface area contributed by atoms with Crippen LogP contribution in [0.3, 0.4) is 0 Å². The van der Waals surface area contributed by atoms with Gasteiger partial charge in [0.1, 0.15) is 15.5 Å². The first-order chi connectivity index (χ1) is 13.9. The van der Waals surface area contributed by atoms with E-state index in [-0.39, 0.29) is 11.6 Å². The summed E-state index contributed by atoms with van der Waals surface area (Å²) in [5, 5.41) is 0.487. The van der Waals surface area contributed by atoms with Crippen molar-refractivity contribution >= 4 is 38.9 Å². The first kappa shape index (κ1) is 20.3. The van der Waals surface area contributed by atoms with Gasteiger partial charge in [0.2, 0.25) is 0 Å². The second-order valence-electron chi connectivity index (χ2n) is 7.43. The highest BCUT2D eigenvalue weighted by atomic mass is 32.1. The van der Waals surface area contributed by atoms with Gasteiger partial charge >= 0.3 is 5.97 Å². The molecular weight excluding hydrogens is 406 g/mol. The number of hydrogen-bond acceptors (Lipinski definition) is 7. The molecule has 6 nitrogen and oxygen atoms in total. The molecule has 4 heterocycles. The van der Waals surface area contributed by atoms with Gasteiger partial charge in [0.15, 0.2) is 0 Å². The van der Waals surface area contributed by atoms with Crippen molar-refractivity contribution in [3.05, 3.63) is 48.5 Å². The van der Waals surface area contributed by atoms with Crippen molar-refractivity contribution in [1.82, 2.24) is 14.9 Å². The molecule has 3 aromatic heterocycles. The number of carbonyl (C=O) groups is 1. The number of thiophene rings is 2. The molecule has 8 heteroatoms. The number of rotatable bonds is 5. The van der Waals surface area contributed by atoms with Crippen LogP contribution in [-0.2, 0) is 4.74 Å².